The van der Waals surface area contributed by atoms with Gasteiger partial charge in [-0.05, 0) is 18.5 Å². The molecule has 1 unspecified atom stereocenters. The standard InChI is InChI=1S/C13H21NO2/c1-2-14(10-11-15)9-8-13(16)12-6-4-3-5-7-12/h3-7,13,15-16H,2,8-11H2,1H3. The quantitative estimate of drug-likeness (QED) is 0.735. The molecule has 3 heteroatoms. The molecule has 1 aromatic rings. The molecular formula is C13H21NO2. The average Bonchev–Trinajstić information content (AvgIpc) is 2.35. The fourth-order valence-electron chi connectivity index (χ4n) is 1.72. The first-order valence-corrected chi connectivity index (χ1v) is 5.84. The van der Waals surface area contributed by atoms with Crippen molar-refractivity contribution in [1.82, 2.24) is 4.90 Å². The van der Waals surface area contributed by atoms with Gasteiger partial charge in [-0.25, -0.2) is 0 Å². The minimum atomic E-state index is -0.408. The van der Waals surface area contributed by atoms with E-state index in [0.29, 0.717) is 13.0 Å². The second-order valence-electron chi connectivity index (χ2n) is 3.87. The van der Waals surface area contributed by atoms with Crippen LogP contribution in [-0.4, -0.2) is 41.4 Å². The Morgan fingerprint density at radius 3 is 2.44 bits per heavy atom. The molecule has 0 amide bonds. The number of rotatable bonds is 7. The molecule has 3 nitrogen and oxygen atoms in total. The van der Waals surface area contributed by atoms with Crippen LogP contribution < -0.4 is 0 Å². The topological polar surface area (TPSA) is 43.7 Å². The third kappa shape index (κ3) is 4.31. The second kappa shape index (κ2) is 7.39. The van der Waals surface area contributed by atoms with Gasteiger partial charge in [0.2, 0.25) is 0 Å². The molecule has 0 saturated heterocycles. The van der Waals surface area contributed by atoms with Gasteiger partial charge in [0.15, 0.2) is 0 Å². The Kier molecular flexibility index (Phi) is 6.08. The van der Waals surface area contributed by atoms with E-state index in [2.05, 4.69) is 11.8 Å². The van der Waals surface area contributed by atoms with Crippen molar-refractivity contribution in [2.24, 2.45) is 0 Å². The molecule has 0 aromatic heterocycles. The molecule has 90 valence electrons. The van der Waals surface area contributed by atoms with Crippen LogP contribution >= 0.6 is 0 Å². The first-order chi connectivity index (χ1) is 7.77. The normalized spacial score (nSPS) is 13.0. The first-order valence-electron chi connectivity index (χ1n) is 5.84. The van der Waals surface area contributed by atoms with Crippen molar-refractivity contribution in [3.8, 4) is 0 Å². The zero-order valence-electron chi connectivity index (χ0n) is 9.84. The van der Waals surface area contributed by atoms with Gasteiger partial charge in [-0.15, -0.1) is 0 Å². The summed E-state index contributed by atoms with van der Waals surface area (Å²) in [4.78, 5) is 2.13. The van der Waals surface area contributed by atoms with Crippen LogP contribution in [-0.2, 0) is 0 Å². The van der Waals surface area contributed by atoms with Crippen LogP contribution in [0.5, 0.6) is 0 Å². The molecular weight excluding hydrogens is 202 g/mol. The summed E-state index contributed by atoms with van der Waals surface area (Å²) in [7, 11) is 0. The largest absolute Gasteiger partial charge is 0.395 e. The molecule has 0 fully saturated rings. The van der Waals surface area contributed by atoms with Gasteiger partial charge in [0.1, 0.15) is 0 Å². The summed E-state index contributed by atoms with van der Waals surface area (Å²) < 4.78 is 0. The van der Waals surface area contributed by atoms with Crippen molar-refractivity contribution in [2.45, 2.75) is 19.4 Å². The third-order valence-electron chi connectivity index (χ3n) is 2.77. The van der Waals surface area contributed by atoms with Crippen molar-refractivity contribution in [1.29, 1.82) is 0 Å². The van der Waals surface area contributed by atoms with E-state index in [4.69, 9.17) is 5.11 Å². The smallest absolute Gasteiger partial charge is 0.0802 e. The molecule has 0 aliphatic heterocycles. The van der Waals surface area contributed by atoms with Gasteiger partial charge in [0.05, 0.1) is 12.7 Å². The van der Waals surface area contributed by atoms with Crippen LogP contribution in [0.2, 0.25) is 0 Å². The minimum Gasteiger partial charge on any atom is -0.395 e. The molecule has 0 bridgehead atoms. The van der Waals surface area contributed by atoms with Gasteiger partial charge < -0.3 is 15.1 Å². The summed E-state index contributed by atoms with van der Waals surface area (Å²) in [6.07, 6.45) is 0.298. The Bertz CT molecular complexity index is 277. The third-order valence-corrected chi connectivity index (χ3v) is 2.77. The molecule has 0 aliphatic carbocycles. The van der Waals surface area contributed by atoms with E-state index in [1.165, 1.54) is 0 Å². The summed E-state index contributed by atoms with van der Waals surface area (Å²) in [6, 6.07) is 9.69. The highest BCUT2D eigenvalue weighted by Gasteiger charge is 2.09. The van der Waals surface area contributed by atoms with E-state index in [-0.39, 0.29) is 6.61 Å². The molecule has 0 aliphatic rings. The van der Waals surface area contributed by atoms with E-state index < -0.39 is 6.10 Å². The van der Waals surface area contributed by atoms with Gasteiger partial charge >= 0.3 is 0 Å². The lowest BCUT2D eigenvalue weighted by molar-refractivity contribution is 0.133. The maximum atomic E-state index is 9.94. The zero-order valence-corrected chi connectivity index (χ0v) is 9.84. The summed E-state index contributed by atoms with van der Waals surface area (Å²) >= 11 is 0. The molecule has 16 heavy (non-hydrogen) atoms. The molecule has 0 saturated carbocycles. The van der Waals surface area contributed by atoms with Crippen LogP contribution in [0.1, 0.15) is 25.0 Å². The van der Waals surface area contributed by atoms with Gasteiger partial charge in [0.25, 0.3) is 0 Å². The van der Waals surface area contributed by atoms with Crippen LogP contribution in [0, 0.1) is 0 Å². The maximum Gasteiger partial charge on any atom is 0.0802 e. The van der Waals surface area contributed by atoms with Crippen LogP contribution in [0.4, 0.5) is 0 Å². The Balaban J connectivity index is 2.37. The predicted octanol–water partition coefficient (Wildman–Crippen LogP) is 1.42. The fourth-order valence-corrected chi connectivity index (χ4v) is 1.72. The molecule has 0 spiro atoms. The molecule has 2 N–H and O–H groups in total. The highest BCUT2D eigenvalue weighted by molar-refractivity contribution is 5.17. The van der Waals surface area contributed by atoms with Crippen molar-refractivity contribution >= 4 is 0 Å². The molecule has 1 aromatic carbocycles. The summed E-state index contributed by atoms with van der Waals surface area (Å²) in [5, 5.41) is 18.8. The number of nitrogens with zero attached hydrogens (tertiary/aromatic N) is 1. The van der Waals surface area contributed by atoms with E-state index in [9.17, 15) is 5.11 Å². The second-order valence-corrected chi connectivity index (χ2v) is 3.87. The van der Waals surface area contributed by atoms with Crippen LogP contribution in [0.25, 0.3) is 0 Å². The lowest BCUT2D eigenvalue weighted by Gasteiger charge is -2.20. The molecule has 0 heterocycles. The minimum absolute atomic E-state index is 0.176. The lowest BCUT2D eigenvalue weighted by Crippen LogP contribution is -2.28. The Hall–Kier alpha value is -0.900. The summed E-state index contributed by atoms with van der Waals surface area (Å²) in [6.45, 7) is 4.63. The van der Waals surface area contributed by atoms with Crippen LogP contribution in [0.15, 0.2) is 30.3 Å². The number of aliphatic hydroxyl groups excluding tert-OH is 2. The Morgan fingerprint density at radius 1 is 1.19 bits per heavy atom. The highest BCUT2D eigenvalue weighted by atomic mass is 16.3. The van der Waals surface area contributed by atoms with Gasteiger partial charge in [-0.1, -0.05) is 37.3 Å². The van der Waals surface area contributed by atoms with Gasteiger partial charge in [0, 0.05) is 13.1 Å². The van der Waals surface area contributed by atoms with Gasteiger partial charge in [-0.3, -0.25) is 0 Å². The highest BCUT2D eigenvalue weighted by Crippen LogP contribution is 2.16. The summed E-state index contributed by atoms with van der Waals surface area (Å²) in [5.41, 5.74) is 0.961. The number of hydrogen-bond donors (Lipinski definition) is 2. The lowest BCUT2D eigenvalue weighted by atomic mass is 10.1. The number of benzene rings is 1. The summed E-state index contributed by atoms with van der Waals surface area (Å²) in [5.74, 6) is 0. The monoisotopic (exact) mass is 223 g/mol. The Morgan fingerprint density at radius 2 is 1.88 bits per heavy atom. The molecule has 0 radical (unpaired) electrons. The Labute approximate surface area is 97.3 Å². The van der Waals surface area contributed by atoms with Crippen molar-refractivity contribution in [3.05, 3.63) is 35.9 Å². The molecule has 1 atom stereocenters. The van der Waals surface area contributed by atoms with E-state index in [1.807, 2.05) is 30.3 Å². The van der Waals surface area contributed by atoms with E-state index in [1.54, 1.807) is 0 Å². The van der Waals surface area contributed by atoms with E-state index >= 15 is 0 Å². The molecule has 1 rings (SSSR count). The van der Waals surface area contributed by atoms with Crippen molar-refractivity contribution in [3.63, 3.8) is 0 Å². The maximum absolute atomic E-state index is 9.94. The number of hydrogen-bond acceptors (Lipinski definition) is 3. The van der Waals surface area contributed by atoms with Crippen molar-refractivity contribution in [2.75, 3.05) is 26.2 Å². The number of likely N-dealkylation sites (N-methyl/N-ethyl adjacent to an activating group) is 1. The van der Waals surface area contributed by atoms with Crippen molar-refractivity contribution < 1.29 is 10.2 Å². The number of aliphatic hydroxyl groups is 2. The predicted molar refractivity (Wildman–Crippen MR) is 65.2 cm³/mol. The first kappa shape index (κ1) is 13.2. The van der Waals surface area contributed by atoms with Crippen LogP contribution in [0.3, 0.4) is 0 Å². The fraction of sp³-hybridized carbons (Fsp3) is 0.538. The van der Waals surface area contributed by atoms with E-state index in [0.717, 1.165) is 18.7 Å². The van der Waals surface area contributed by atoms with Gasteiger partial charge in [-0.2, -0.15) is 0 Å². The average molecular weight is 223 g/mol. The SMILES string of the molecule is CCN(CCO)CCC(O)c1ccccc1. The zero-order chi connectivity index (χ0) is 11.8.